The van der Waals surface area contributed by atoms with Gasteiger partial charge in [0.1, 0.15) is 10.1 Å². The number of nitrogens with one attached hydrogen (secondary N) is 2. The standard InChI is InChI=1S/C38H52N4S2/c1-9-13-17-27-23(5)31-21-32-25(7)29(19-15-11-3)37(41-32)44-38-30(20-16-12-4)26(8)34(42-38)22-33-24(6)28(18-14-10-2)36(40-33)43-35(27)39-31/h21-22,39-40H,9-20H2,1-8H3. The predicted octanol–water partition coefficient (Wildman–Crippen LogP) is 12.1. The maximum Gasteiger partial charge on any atom is 0.106 e. The number of aromatic amines is 2. The summed E-state index contributed by atoms with van der Waals surface area (Å²) in [5.41, 5.74) is 15.7. The lowest BCUT2D eigenvalue weighted by molar-refractivity contribution is 0.776. The molecule has 0 spiro atoms. The highest BCUT2D eigenvalue weighted by Gasteiger charge is 2.29. The lowest BCUT2D eigenvalue weighted by atomic mass is 10.0. The van der Waals surface area contributed by atoms with Gasteiger partial charge in [-0.15, -0.1) is 0 Å². The highest BCUT2D eigenvalue weighted by molar-refractivity contribution is 8.27. The molecule has 2 aromatic rings. The largest absolute Gasteiger partial charge is 0.349 e. The van der Waals surface area contributed by atoms with Crippen molar-refractivity contribution in [1.29, 1.82) is 0 Å². The van der Waals surface area contributed by atoms with Crippen molar-refractivity contribution < 1.29 is 0 Å². The van der Waals surface area contributed by atoms with Crippen LogP contribution in [-0.4, -0.2) is 20.1 Å². The fourth-order valence-electron chi connectivity index (χ4n) is 6.39. The maximum absolute atomic E-state index is 5.34. The van der Waals surface area contributed by atoms with Gasteiger partial charge in [0, 0.05) is 11.4 Å². The maximum atomic E-state index is 5.34. The molecule has 236 valence electrons. The van der Waals surface area contributed by atoms with Crippen LogP contribution in [0, 0.1) is 13.8 Å². The van der Waals surface area contributed by atoms with Crippen molar-refractivity contribution in [3.05, 3.63) is 67.3 Å². The molecule has 0 radical (unpaired) electrons. The average Bonchev–Trinajstić information content (AvgIpc) is 3.66. The van der Waals surface area contributed by atoms with Gasteiger partial charge < -0.3 is 9.97 Å². The Morgan fingerprint density at radius 3 is 1.32 bits per heavy atom. The molecule has 0 aromatic carbocycles. The number of allylic oxidation sites excluding steroid dienone is 2. The minimum atomic E-state index is 1.06. The van der Waals surface area contributed by atoms with E-state index in [2.05, 4.69) is 77.5 Å². The summed E-state index contributed by atoms with van der Waals surface area (Å²) in [5.74, 6) is 0. The Labute approximate surface area is 274 Å². The van der Waals surface area contributed by atoms with Crippen molar-refractivity contribution in [3.63, 3.8) is 0 Å². The van der Waals surface area contributed by atoms with Gasteiger partial charge in [0.05, 0.1) is 21.4 Å². The van der Waals surface area contributed by atoms with Crippen LogP contribution in [0.4, 0.5) is 0 Å². The normalized spacial score (nSPS) is 16.5. The first-order valence-corrected chi connectivity index (χ1v) is 18.7. The summed E-state index contributed by atoms with van der Waals surface area (Å²) in [6, 6.07) is 0. The third-order valence-corrected chi connectivity index (χ3v) is 11.6. The monoisotopic (exact) mass is 628 g/mol. The number of aromatic nitrogens is 2. The molecule has 0 saturated heterocycles. The number of nitrogens with zero attached hydrogens (tertiary/aromatic N) is 2. The Balaban J connectivity index is 1.73. The van der Waals surface area contributed by atoms with Gasteiger partial charge in [-0.05, 0) is 148 Å². The number of unbranched alkanes of at least 4 members (excludes halogenated alkanes) is 4. The van der Waals surface area contributed by atoms with Gasteiger partial charge >= 0.3 is 0 Å². The highest BCUT2D eigenvalue weighted by atomic mass is 32.2. The number of fused-ring (bicyclic) bond motifs is 6. The van der Waals surface area contributed by atoms with Gasteiger partial charge in [0.25, 0.3) is 0 Å². The van der Waals surface area contributed by atoms with Crippen LogP contribution < -0.4 is 0 Å². The molecular weight excluding hydrogens is 577 g/mol. The van der Waals surface area contributed by atoms with E-state index in [-0.39, 0.29) is 0 Å². The smallest absolute Gasteiger partial charge is 0.106 e. The molecule has 5 rings (SSSR count). The first-order chi connectivity index (χ1) is 21.3. The second-order valence-corrected chi connectivity index (χ2v) is 14.7. The van der Waals surface area contributed by atoms with Gasteiger partial charge in [-0.2, -0.15) is 0 Å². The molecule has 44 heavy (non-hydrogen) atoms. The number of H-pyrrole nitrogens is 2. The third kappa shape index (κ3) is 6.72. The van der Waals surface area contributed by atoms with Gasteiger partial charge in [-0.1, -0.05) is 65.1 Å². The lowest BCUT2D eigenvalue weighted by Crippen LogP contribution is -2.04. The zero-order chi connectivity index (χ0) is 31.4. The highest BCUT2D eigenvalue weighted by Crippen LogP contribution is 2.43. The van der Waals surface area contributed by atoms with E-state index in [0.717, 1.165) is 47.2 Å². The Kier molecular flexibility index (Phi) is 11.1. The minimum absolute atomic E-state index is 1.06. The molecule has 4 nitrogen and oxygen atoms in total. The fraction of sp³-hybridized carbons (Fsp3) is 0.526. The molecule has 0 atom stereocenters. The van der Waals surface area contributed by atoms with Crippen molar-refractivity contribution >= 4 is 45.8 Å². The number of rotatable bonds is 12. The quantitative estimate of drug-likeness (QED) is 0.246. The summed E-state index contributed by atoms with van der Waals surface area (Å²) in [5, 5.41) is 4.83. The Morgan fingerprint density at radius 2 is 0.932 bits per heavy atom. The van der Waals surface area contributed by atoms with Crippen LogP contribution in [0.3, 0.4) is 0 Å². The number of thioether (sulfide) groups is 1. The van der Waals surface area contributed by atoms with Gasteiger partial charge in [-0.3, -0.25) is 0 Å². The molecule has 2 N–H and O–H groups in total. The number of hydrogen-bond acceptors (Lipinski definition) is 4. The van der Waals surface area contributed by atoms with E-state index in [0.29, 0.717) is 0 Å². The van der Waals surface area contributed by atoms with Crippen molar-refractivity contribution in [2.45, 2.75) is 142 Å². The van der Waals surface area contributed by atoms with E-state index in [1.807, 2.05) is 11.8 Å². The summed E-state index contributed by atoms with van der Waals surface area (Å²) in [6.07, 6.45) is 18.4. The van der Waals surface area contributed by atoms with E-state index >= 15 is 0 Å². The summed E-state index contributed by atoms with van der Waals surface area (Å²) in [6.45, 7) is 18.3. The Hall–Kier alpha value is -2.44. The van der Waals surface area contributed by atoms with Crippen LogP contribution >= 0.6 is 23.5 Å². The zero-order valence-corrected chi connectivity index (χ0v) is 30.0. The van der Waals surface area contributed by atoms with Gasteiger partial charge in [-0.25, -0.2) is 9.98 Å². The molecule has 0 unspecified atom stereocenters. The van der Waals surface area contributed by atoms with Crippen molar-refractivity contribution in [1.82, 2.24) is 9.97 Å². The predicted molar refractivity (Wildman–Crippen MR) is 195 cm³/mol. The summed E-state index contributed by atoms with van der Waals surface area (Å²) < 4.78 is 0. The van der Waals surface area contributed by atoms with E-state index in [1.165, 1.54) is 117 Å². The van der Waals surface area contributed by atoms with Crippen molar-refractivity contribution in [2.24, 2.45) is 9.98 Å². The molecule has 3 aliphatic rings. The van der Waals surface area contributed by atoms with Crippen LogP contribution in [0.2, 0.25) is 0 Å². The van der Waals surface area contributed by atoms with E-state index in [1.54, 1.807) is 11.8 Å². The van der Waals surface area contributed by atoms with E-state index in [4.69, 9.17) is 9.98 Å². The first kappa shape index (κ1) is 32.9. The van der Waals surface area contributed by atoms with Crippen LogP contribution in [-0.2, 0) is 12.8 Å². The lowest BCUT2D eigenvalue weighted by Gasteiger charge is -2.10. The SMILES string of the molecule is CCCCC1=C(C)C2=Cc3[nH]c(c(CCCC)c3C)Sc3[nH]c(c(C)c3CCCC)C=C3N=C(SC1=N2)C(CCCC)=C3C. The zero-order valence-electron chi connectivity index (χ0n) is 28.4. The Morgan fingerprint density at radius 1 is 0.545 bits per heavy atom. The molecule has 0 amide bonds. The molecule has 0 fully saturated rings. The molecule has 5 heterocycles. The molecular formula is C38H52N4S2. The van der Waals surface area contributed by atoms with Crippen LogP contribution in [0.5, 0.6) is 0 Å². The summed E-state index contributed by atoms with van der Waals surface area (Å²) in [4.78, 5) is 18.5. The van der Waals surface area contributed by atoms with E-state index in [9.17, 15) is 0 Å². The summed E-state index contributed by atoms with van der Waals surface area (Å²) >= 11 is 3.69. The second kappa shape index (κ2) is 14.8. The van der Waals surface area contributed by atoms with Crippen molar-refractivity contribution in [2.75, 3.05) is 0 Å². The van der Waals surface area contributed by atoms with Gasteiger partial charge in [0.15, 0.2) is 0 Å². The average molecular weight is 629 g/mol. The van der Waals surface area contributed by atoms with E-state index < -0.39 is 0 Å². The first-order valence-electron chi connectivity index (χ1n) is 17.1. The number of hydrogen-bond donors (Lipinski definition) is 2. The molecule has 3 aliphatic heterocycles. The molecule has 0 aliphatic carbocycles. The molecule has 2 aromatic heterocycles. The molecule has 0 saturated carbocycles. The fourth-order valence-corrected chi connectivity index (χ4v) is 8.90. The van der Waals surface area contributed by atoms with Crippen LogP contribution in [0.1, 0.15) is 139 Å². The van der Waals surface area contributed by atoms with Crippen LogP contribution in [0.15, 0.2) is 53.7 Å². The van der Waals surface area contributed by atoms with Gasteiger partial charge in [0.2, 0.25) is 0 Å². The summed E-state index contributed by atoms with van der Waals surface area (Å²) in [7, 11) is 0. The van der Waals surface area contributed by atoms with Crippen LogP contribution in [0.25, 0.3) is 12.2 Å². The van der Waals surface area contributed by atoms with Crippen molar-refractivity contribution in [3.8, 4) is 0 Å². The minimum Gasteiger partial charge on any atom is -0.349 e. The Bertz CT molecular complexity index is 1470. The molecule has 6 heteroatoms. The topological polar surface area (TPSA) is 56.3 Å². The second-order valence-electron chi connectivity index (χ2n) is 12.7. The number of aliphatic imine (C=N–C) groups is 2. The molecule has 8 bridgehead atoms. The third-order valence-electron chi connectivity index (χ3n) is 9.47.